The minimum atomic E-state index is -1.05. The number of methoxy groups -OCH3 is 2. The Morgan fingerprint density at radius 3 is 2.30 bits per heavy atom. The number of rotatable bonds is 5. The molecule has 2 fully saturated rings. The second-order valence-electron chi connectivity index (χ2n) is 6.59. The number of amides is 2. The average molecular weight is 404 g/mol. The molecule has 0 aromatic heterocycles. The van der Waals surface area contributed by atoms with Gasteiger partial charge in [0.15, 0.2) is 0 Å². The molecule has 2 amide bonds. The number of carboxylic acids is 1. The minimum Gasteiger partial charge on any atom is -1.00 e. The zero-order valence-electron chi connectivity index (χ0n) is 16.8. The van der Waals surface area contributed by atoms with Crippen molar-refractivity contribution in [2.24, 2.45) is 0 Å². The van der Waals surface area contributed by atoms with Gasteiger partial charge in [0.2, 0.25) is 5.91 Å². The fourth-order valence-electron chi connectivity index (χ4n) is 3.43. The van der Waals surface area contributed by atoms with Gasteiger partial charge >= 0.3 is 35.5 Å². The molecule has 8 nitrogen and oxygen atoms in total. The maximum absolute atomic E-state index is 12.8. The number of thioether (sulfide) groups is 1. The van der Waals surface area contributed by atoms with E-state index in [-0.39, 0.29) is 36.5 Å². The summed E-state index contributed by atoms with van der Waals surface area (Å²) in [6, 6.07) is 3.24. The van der Waals surface area contributed by atoms with Crippen molar-refractivity contribution in [2.45, 2.75) is 36.1 Å². The summed E-state index contributed by atoms with van der Waals surface area (Å²) in [5, 5.41) is 11.7. The molecular formula is C17H21N2NaO6S. The van der Waals surface area contributed by atoms with Crippen LogP contribution < -0.4 is 44.3 Å². The van der Waals surface area contributed by atoms with E-state index in [1.807, 2.05) is 0 Å². The van der Waals surface area contributed by atoms with E-state index in [9.17, 15) is 19.5 Å². The molecule has 2 heterocycles. The van der Waals surface area contributed by atoms with Gasteiger partial charge in [0.1, 0.15) is 34.5 Å². The zero-order chi connectivity index (χ0) is 19.2. The molecule has 1 unspecified atom stereocenters. The van der Waals surface area contributed by atoms with E-state index >= 15 is 0 Å². The SMILES string of the molecule is COc1cccc(OC)c1C(=O)NC1C(=O)N2[C@@H]1SC(C)(C)[C@@H]2C(=O)O.[H-].[Na+]. The quantitative estimate of drug-likeness (QED) is 0.435. The summed E-state index contributed by atoms with van der Waals surface area (Å²) in [5.41, 5.74) is 0.195. The predicted octanol–water partition coefficient (Wildman–Crippen LogP) is -1.93. The van der Waals surface area contributed by atoms with E-state index in [0.717, 1.165) is 0 Å². The third-order valence-electron chi connectivity index (χ3n) is 4.62. The van der Waals surface area contributed by atoms with Crippen molar-refractivity contribution in [3.05, 3.63) is 23.8 Å². The number of hydrogen-bond donors (Lipinski definition) is 2. The number of fused-ring (bicyclic) bond motifs is 1. The molecule has 0 spiro atoms. The van der Waals surface area contributed by atoms with Crippen LogP contribution in [0.2, 0.25) is 0 Å². The number of nitrogens with one attached hydrogen (secondary N) is 1. The number of hydrogen-bond acceptors (Lipinski definition) is 6. The molecule has 1 aromatic rings. The van der Waals surface area contributed by atoms with Crippen LogP contribution in [0.5, 0.6) is 11.5 Å². The van der Waals surface area contributed by atoms with Crippen LogP contribution in [0.3, 0.4) is 0 Å². The van der Waals surface area contributed by atoms with Crippen molar-refractivity contribution in [1.82, 2.24) is 10.2 Å². The van der Waals surface area contributed by atoms with Gasteiger partial charge in [-0.3, -0.25) is 9.59 Å². The molecule has 2 aliphatic heterocycles. The molecule has 2 N–H and O–H groups in total. The van der Waals surface area contributed by atoms with E-state index in [2.05, 4.69) is 5.32 Å². The van der Waals surface area contributed by atoms with Crippen LogP contribution in [0.4, 0.5) is 0 Å². The Hall–Kier alpha value is -1.42. The van der Waals surface area contributed by atoms with E-state index in [0.29, 0.717) is 11.5 Å². The average Bonchev–Trinajstić information content (AvgIpc) is 2.86. The fourth-order valence-corrected chi connectivity index (χ4v) is 5.06. The van der Waals surface area contributed by atoms with Crippen molar-refractivity contribution in [3.63, 3.8) is 0 Å². The molecule has 2 saturated heterocycles. The van der Waals surface area contributed by atoms with Gasteiger partial charge in [0, 0.05) is 4.75 Å². The van der Waals surface area contributed by atoms with Crippen LogP contribution in [-0.2, 0) is 9.59 Å². The van der Waals surface area contributed by atoms with E-state index in [4.69, 9.17) is 9.47 Å². The summed E-state index contributed by atoms with van der Waals surface area (Å²) in [5.74, 6) is -1.30. The number of benzene rings is 1. The van der Waals surface area contributed by atoms with Crippen molar-refractivity contribution in [2.75, 3.05) is 14.2 Å². The molecule has 27 heavy (non-hydrogen) atoms. The van der Waals surface area contributed by atoms with Gasteiger partial charge in [0.05, 0.1) is 14.2 Å². The Morgan fingerprint density at radius 2 is 1.81 bits per heavy atom. The molecule has 3 rings (SSSR count). The Morgan fingerprint density at radius 1 is 1.26 bits per heavy atom. The molecule has 0 bridgehead atoms. The first-order chi connectivity index (χ1) is 12.2. The number of aliphatic carboxylic acids is 1. The number of β-lactam (4-membered cyclic amide) rings is 1. The first-order valence-corrected chi connectivity index (χ1v) is 8.85. The molecule has 3 atom stereocenters. The van der Waals surface area contributed by atoms with Crippen LogP contribution in [0.25, 0.3) is 0 Å². The third-order valence-corrected chi connectivity index (χ3v) is 6.19. The molecule has 10 heteroatoms. The summed E-state index contributed by atoms with van der Waals surface area (Å²) in [6.07, 6.45) is 0. The Balaban J connectivity index is 0.00000196. The smallest absolute Gasteiger partial charge is 1.00 e. The standard InChI is InChI=1S/C17H20N2O6S.Na.H/c1-17(2)12(16(22)23)19-14(21)11(15(19)26-17)18-13(20)10-8(24-3)6-5-7-9(10)25-4;;/h5-7,11-12,15H,1-4H3,(H,18,20)(H,22,23);;/q;+1;-1/t11?,12-,15+;;/m0../s1. The number of nitrogens with zero attached hydrogens (tertiary/aromatic N) is 1. The number of carboxylic acid groups (broad SMARTS) is 1. The van der Waals surface area contributed by atoms with Gasteiger partial charge < -0.3 is 26.2 Å². The van der Waals surface area contributed by atoms with Crippen LogP contribution in [0.15, 0.2) is 18.2 Å². The molecule has 0 aliphatic carbocycles. The maximum Gasteiger partial charge on any atom is 1.00 e. The van der Waals surface area contributed by atoms with Crippen LogP contribution in [0.1, 0.15) is 25.6 Å². The van der Waals surface area contributed by atoms with Gasteiger partial charge in [-0.1, -0.05) is 6.07 Å². The van der Waals surface area contributed by atoms with Crippen molar-refractivity contribution < 1.29 is 59.9 Å². The maximum atomic E-state index is 12.8. The second-order valence-corrected chi connectivity index (χ2v) is 8.36. The Bertz CT molecular complexity index is 771. The summed E-state index contributed by atoms with van der Waals surface area (Å²) >= 11 is 1.37. The zero-order valence-corrected chi connectivity index (χ0v) is 18.6. The second kappa shape index (κ2) is 7.90. The summed E-state index contributed by atoms with van der Waals surface area (Å²) in [4.78, 5) is 38.1. The third kappa shape index (κ3) is 3.53. The van der Waals surface area contributed by atoms with E-state index in [1.54, 1.807) is 32.0 Å². The largest absolute Gasteiger partial charge is 1.00 e. The molecule has 1 aromatic carbocycles. The Labute approximate surface area is 184 Å². The topological polar surface area (TPSA) is 105 Å². The van der Waals surface area contributed by atoms with Gasteiger partial charge in [0.25, 0.3) is 5.91 Å². The van der Waals surface area contributed by atoms with Gasteiger partial charge in [-0.2, -0.15) is 0 Å². The van der Waals surface area contributed by atoms with Crippen LogP contribution in [0, 0.1) is 0 Å². The molecule has 0 radical (unpaired) electrons. The molecule has 0 saturated carbocycles. The number of carbonyl (C=O) groups is 3. The molecule has 2 aliphatic rings. The summed E-state index contributed by atoms with van der Waals surface area (Å²) in [7, 11) is 2.88. The van der Waals surface area contributed by atoms with Crippen LogP contribution >= 0.6 is 11.8 Å². The molecule has 142 valence electrons. The van der Waals surface area contributed by atoms with Crippen molar-refractivity contribution in [1.29, 1.82) is 0 Å². The van der Waals surface area contributed by atoms with Gasteiger partial charge in [-0.05, 0) is 26.0 Å². The molecular weight excluding hydrogens is 383 g/mol. The van der Waals surface area contributed by atoms with Gasteiger partial charge in [-0.15, -0.1) is 11.8 Å². The summed E-state index contributed by atoms with van der Waals surface area (Å²) in [6.45, 7) is 3.56. The van der Waals surface area contributed by atoms with Gasteiger partial charge in [-0.25, -0.2) is 4.79 Å². The van der Waals surface area contributed by atoms with Crippen LogP contribution in [-0.4, -0.2) is 64.2 Å². The first-order valence-electron chi connectivity index (χ1n) is 7.97. The number of ether oxygens (including phenoxy) is 2. The predicted molar refractivity (Wildman–Crippen MR) is 95.6 cm³/mol. The first kappa shape index (κ1) is 21.9. The Kier molecular flexibility index (Phi) is 6.40. The monoisotopic (exact) mass is 404 g/mol. The van der Waals surface area contributed by atoms with Crippen molar-refractivity contribution in [3.8, 4) is 11.5 Å². The van der Waals surface area contributed by atoms with E-state index in [1.165, 1.54) is 30.9 Å². The van der Waals surface area contributed by atoms with E-state index < -0.39 is 40.0 Å². The number of carbonyl (C=O) groups excluding carboxylic acids is 2. The minimum absolute atomic E-state index is 0. The fraction of sp³-hybridized carbons (Fsp3) is 0.471. The normalized spacial score (nSPS) is 25.0. The van der Waals surface area contributed by atoms with Crippen molar-refractivity contribution >= 4 is 29.5 Å². The summed E-state index contributed by atoms with van der Waals surface area (Å²) < 4.78 is 9.79.